The molecule has 1 aliphatic carbocycles. The first kappa shape index (κ1) is 43.9. The third-order valence-corrected chi connectivity index (χ3v) is 9.64. The van der Waals surface area contributed by atoms with Crippen LogP contribution in [-0.2, 0) is 21.8 Å². The molecule has 0 unspecified atom stereocenters. The van der Waals surface area contributed by atoms with Crippen molar-refractivity contribution in [3.63, 3.8) is 0 Å². The second kappa shape index (κ2) is 20.0. The third kappa shape index (κ3) is 9.59. The molecule has 0 spiro atoms. The molecule has 0 saturated heterocycles. The van der Waals surface area contributed by atoms with Crippen LogP contribution in [0.2, 0.25) is 0 Å². The number of aromatic nitrogens is 4. The maximum atomic E-state index is 5.49. The summed E-state index contributed by atoms with van der Waals surface area (Å²) in [5.41, 5.74) is 16.1. The average Bonchev–Trinajstić information content (AvgIpc) is 4.10. The fraction of sp³-hybridized carbons (Fsp3) is 0.0833. The van der Waals surface area contributed by atoms with E-state index in [4.69, 9.17) is 28.9 Å². The molecule has 11 heteroatoms. The van der Waals surface area contributed by atoms with Gasteiger partial charge in [0.1, 0.15) is 23.0 Å². The first-order valence-corrected chi connectivity index (χ1v) is 18.1. The van der Waals surface area contributed by atoms with Gasteiger partial charge in [0.2, 0.25) is 0 Å². The van der Waals surface area contributed by atoms with Crippen molar-refractivity contribution < 1.29 is 60.8 Å². The molecule has 0 saturated carbocycles. The van der Waals surface area contributed by atoms with Gasteiger partial charge in [0.05, 0.1) is 57.6 Å². The molecule has 5 heterocycles. The summed E-state index contributed by atoms with van der Waals surface area (Å²) in [4.78, 5) is 17.8. The van der Waals surface area contributed by atoms with Crippen molar-refractivity contribution in [2.45, 2.75) is 0 Å². The Hall–Kier alpha value is -6.18. The SMILES string of the molecule is COC1=CC=C=C[CH]1.COc1ccc(-c2c3nc(c(-c4ccc(OC)cc4)c4ccc([nH]4)c(-c4ccc(OC)cc4)c4nc(cc5ccc2[nH]5)C=C4)C=C3)cc1.[Cl-].[Cl-].[Mn+2]. The minimum absolute atomic E-state index is 0. The zero-order valence-corrected chi connectivity index (χ0v) is 35.3. The largest absolute Gasteiger partial charge is 2.00 e. The standard InChI is InChI=1S/C41H32N4O3.C7H7O.2ClH.Mn/c1-46-30-12-4-25(5-13-30)39-33-18-10-28(42-33)24-29-11-19-34(43-29)40(26-6-14-31(47-2)15-7-26)36-21-23-38(45-36)41(37-22-20-35(39)44-37)27-8-16-32(48-3)17-9-27;1-8-7-5-3-2-4-6-7;;;/h4-24,42,45H,1-3H3;3-6H,1H3;2*1H;/q;;;;+2/p-2. The number of fused-ring (bicyclic) bond motifs is 8. The molecule has 3 aromatic heterocycles. The Morgan fingerprint density at radius 3 is 1.34 bits per heavy atom. The van der Waals surface area contributed by atoms with Gasteiger partial charge in [-0.1, -0.05) is 36.4 Å². The molecular weight excluding hydrogens is 822 g/mol. The van der Waals surface area contributed by atoms with E-state index in [1.165, 1.54) is 0 Å². The van der Waals surface area contributed by atoms with Crippen molar-refractivity contribution in [1.82, 2.24) is 19.9 Å². The normalized spacial score (nSPS) is 11.8. The number of methoxy groups -OCH3 is 4. The minimum Gasteiger partial charge on any atom is -1.00 e. The van der Waals surface area contributed by atoms with Gasteiger partial charge in [-0.2, -0.15) is 0 Å². The summed E-state index contributed by atoms with van der Waals surface area (Å²) in [6.45, 7) is 0. The van der Waals surface area contributed by atoms with Gasteiger partial charge in [0.25, 0.3) is 0 Å². The number of nitrogens with zero attached hydrogens (tertiary/aromatic N) is 2. The number of hydrogen-bond donors (Lipinski definition) is 2. The Morgan fingerprint density at radius 1 is 0.475 bits per heavy atom. The molecule has 3 aromatic carbocycles. The van der Waals surface area contributed by atoms with Crippen LogP contribution >= 0.6 is 0 Å². The van der Waals surface area contributed by atoms with Gasteiger partial charge in [-0.25, -0.2) is 9.97 Å². The van der Waals surface area contributed by atoms with E-state index in [1.54, 1.807) is 28.4 Å². The zero-order valence-electron chi connectivity index (χ0n) is 32.6. The molecular formula is C48H39Cl2MnN4O4. The van der Waals surface area contributed by atoms with E-state index < -0.39 is 0 Å². The van der Waals surface area contributed by atoms with E-state index >= 15 is 0 Å². The number of hydrogen-bond acceptors (Lipinski definition) is 6. The molecule has 6 aromatic rings. The first-order chi connectivity index (χ1) is 27.5. The van der Waals surface area contributed by atoms with E-state index in [9.17, 15) is 0 Å². The Morgan fingerprint density at radius 2 is 0.915 bits per heavy atom. The molecule has 0 amide bonds. The number of benzene rings is 3. The predicted octanol–water partition coefficient (Wildman–Crippen LogP) is 5.13. The predicted molar refractivity (Wildman–Crippen MR) is 227 cm³/mol. The van der Waals surface area contributed by atoms with Crippen LogP contribution in [0.4, 0.5) is 0 Å². The van der Waals surface area contributed by atoms with Crippen molar-refractivity contribution >= 4 is 46.4 Å². The van der Waals surface area contributed by atoms with Crippen molar-refractivity contribution in [2.24, 2.45) is 0 Å². The molecule has 2 radical (unpaired) electrons. The summed E-state index contributed by atoms with van der Waals surface area (Å²) in [6, 6.07) is 34.7. The van der Waals surface area contributed by atoms with Crippen LogP contribution < -0.4 is 39.0 Å². The molecule has 8 nitrogen and oxygen atoms in total. The molecule has 8 bridgehead atoms. The van der Waals surface area contributed by atoms with E-state index in [0.29, 0.717) is 0 Å². The number of nitrogens with one attached hydrogen (secondary N) is 2. The number of rotatable bonds is 7. The van der Waals surface area contributed by atoms with E-state index in [2.05, 4.69) is 107 Å². The third-order valence-electron chi connectivity index (χ3n) is 9.64. The second-order valence-electron chi connectivity index (χ2n) is 13.0. The van der Waals surface area contributed by atoms with Crippen LogP contribution in [0.1, 0.15) is 22.8 Å². The number of ether oxygens (including phenoxy) is 4. The van der Waals surface area contributed by atoms with Crippen molar-refractivity contribution in [1.29, 1.82) is 0 Å². The van der Waals surface area contributed by atoms with Gasteiger partial charge >= 0.3 is 17.1 Å². The Bertz CT molecular complexity index is 2700. The van der Waals surface area contributed by atoms with E-state index in [0.717, 1.165) is 101 Å². The monoisotopic (exact) mass is 860 g/mol. The molecule has 0 atom stereocenters. The Labute approximate surface area is 366 Å². The summed E-state index contributed by atoms with van der Waals surface area (Å²) in [5.74, 6) is 3.26. The minimum atomic E-state index is 0. The van der Waals surface area contributed by atoms with Gasteiger partial charge in [-0.05, 0) is 126 Å². The molecule has 59 heavy (non-hydrogen) atoms. The maximum Gasteiger partial charge on any atom is 2.00 e. The van der Waals surface area contributed by atoms with Crippen LogP contribution in [0.15, 0.2) is 133 Å². The number of aromatic amines is 2. The van der Waals surface area contributed by atoms with Crippen LogP contribution in [0, 0.1) is 6.42 Å². The number of allylic oxidation sites excluding steroid dienone is 2. The summed E-state index contributed by atoms with van der Waals surface area (Å²) >= 11 is 0. The molecule has 2 N–H and O–H groups in total. The van der Waals surface area contributed by atoms with Crippen molar-refractivity contribution in [3.8, 4) is 50.6 Å². The molecule has 0 fully saturated rings. The van der Waals surface area contributed by atoms with E-state index in [1.807, 2.05) is 61.0 Å². The molecule has 3 aliphatic rings. The molecule has 2 aliphatic heterocycles. The number of H-pyrrole nitrogens is 2. The average molecular weight is 862 g/mol. The van der Waals surface area contributed by atoms with Gasteiger partial charge in [0, 0.05) is 38.8 Å². The zero-order chi connectivity index (χ0) is 38.4. The second-order valence-corrected chi connectivity index (χ2v) is 13.0. The fourth-order valence-corrected chi connectivity index (χ4v) is 6.83. The smallest absolute Gasteiger partial charge is 1.00 e. The summed E-state index contributed by atoms with van der Waals surface area (Å²) < 4.78 is 21.3. The Balaban J connectivity index is 0.000000541. The Kier molecular flexibility index (Phi) is 14.9. The van der Waals surface area contributed by atoms with Crippen LogP contribution in [0.3, 0.4) is 0 Å². The van der Waals surface area contributed by atoms with Crippen LogP contribution in [0.5, 0.6) is 17.2 Å². The van der Waals surface area contributed by atoms with Crippen LogP contribution in [-0.4, -0.2) is 48.4 Å². The van der Waals surface area contributed by atoms with Gasteiger partial charge in [-0.3, -0.25) is 0 Å². The van der Waals surface area contributed by atoms with Crippen molar-refractivity contribution in [3.05, 3.63) is 162 Å². The van der Waals surface area contributed by atoms with E-state index in [-0.39, 0.29) is 41.9 Å². The fourth-order valence-electron chi connectivity index (χ4n) is 6.83. The van der Waals surface area contributed by atoms with Gasteiger partial charge in [-0.15, -0.1) is 5.73 Å². The first-order valence-electron chi connectivity index (χ1n) is 18.1. The summed E-state index contributed by atoms with van der Waals surface area (Å²) in [5, 5.41) is 0. The molecule has 9 rings (SSSR count). The topological polar surface area (TPSA) is 94.3 Å². The summed E-state index contributed by atoms with van der Waals surface area (Å²) in [6.07, 6.45) is 15.7. The maximum absolute atomic E-state index is 5.49. The number of halogens is 2. The van der Waals surface area contributed by atoms with Gasteiger partial charge < -0.3 is 53.7 Å². The van der Waals surface area contributed by atoms with Crippen molar-refractivity contribution in [2.75, 3.05) is 28.4 Å². The van der Waals surface area contributed by atoms with Crippen LogP contribution in [0.25, 0.3) is 79.8 Å². The molecule has 296 valence electrons. The van der Waals surface area contributed by atoms with Gasteiger partial charge in [0.15, 0.2) is 0 Å². The summed E-state index contributed by atoms with van der Waals surface area (Å²) in [7, 11) is 6.68. The quantitative estimate of drug-likeness (QED) is 0.171.